The summed E-state index contributed by atoms with van der Waals surface area (Å²) in [5.74, 6) is -0.624. The summed E-state index contributed by atoms with van der Waals surface area (Å²) in [6.07, 6.45) is 0. The van der Waals surface area contributed by atoms with Crippen molar-refractivity contribution in [3.63, 3.8) is 0 Å². The van der Waals surface area contributed by atoms with Gasteiger partial charge in [0, 0.05) is 5.56 Å². The quantitative estimate of drug-likeness (QED) is 0.854. The van der Waals surface area contributed by atoms with E-state index >= 15 is 0 Å². The van der Waals surface area contributed by atoms with E-state index in [1.165, 1.54) is 0 Å². The molecule has 1 heterocycles. The van der Waals surface area contributed by atoms with Crippen molar-refractivity contribution in [1.29, 1.82) is 0 Å². The van der Waals surface area contributed by atoms with Crippen LogP contribution in [-0.2, 0) is 4.74 Å². The van der Waals surface area contributed by atoms with Crippen LogP contribution < -0.4 is 5.56 Å². The van der Waals surface area contributed by atoms with Crippen molar-refractivity contribution in [2.45, 2.75) is 13.8 Å². The highest BCUT2D eigenvalue weighted by Gasteiger charge is 2.19. The van der Waals surface area contributed by atoms with Gasteiger partial charge in [0.25, 0.3) is 5.56 Å². The molecule has 0 saturated carbocycles. The van der Waals surface area contributed by atoms with E-state index in [2.05, 4.69) is 10.2 Å². The van der Waals surface area contributed by atoms with Gasteiger partial charge in [-0.15, -0.1) is 0 Å². The van der Waals surface area contributed by atoms with E-state index in [-0.39, 0.29) is 12.2 Å². The standard InChI is InChI=1S/C14H14N2O3/c1-3-19-14(18)11-9(2)12(15-16-13(11)17)10-7-5-4-6-8-10/h4-8H,3H2,1-2H3,(H,16,17). The molecule has 1 aromatic heterocycles. The molecule has 0 saturated heterocycles. The Morgan fingerprint density at radius 3 is 2.63 bits per heavy atom. The average Bonchev–Trinajstić information content (AvgIpc) is 2.40. The lowest BCUT2D eigenvalue weighted by Crippen LogP contribution is -2.23. The SMILES string of the molecule is CCOC(=O)c1c(C)c(-c2ccccc2)n[nH]c1=O. The lowest BCUT2D eigenvalue weighted by Gasteiger charge is -2.08. The number of carbonyl (C=O) groups excluding carboxylic acids is 1. The topological polar surface area (TPSA) is 72.0 Å². The molecule has 5 heteroatoms. The Kier molecular flexibility index (Phi) is 3.75. The Bertz CT molecular complexity index is 647. The van der Waals surface area contributed by atoms with Gasteiger partial charge in [0.05, 0.1) is 12.3 Å². The summed E-state index contributed by atoms with van der Waals surface area (Å²) in [6.45, 7) is 3.61. The third kappa shape index (κ3) is 2.54. The molecule has 0 aliphatic heterocycles. The molecule has 5 nitrogen and oxygen atoms in total. The Morgan fingerprint density at radius 1 is 1.32 bits per heavy atom. The van der Waals surface area contributed by atoms with Gasteiger partial charge in [-0.2, -0.15) is 5.10 Å². The molecule has 0 amide bonds. The molecule has 98 valence electrons. The molecule has 0 atom stereocenters. The molecule has 0 spiro atoms. The summed E-state index contributed by atoms with van der Waals surface area (Å²) in [5.41, 5.74) is 1.41. The van der Waals surface area contributed by atoms with E-state index in [9.17, 15) is 9.59 Å². The summed E-state index contributed by atoms with van der Waals surface area (Å²) < 4.78 is 4.89. The molecule has 0 aliphatic rings. The minimum Gasteiger partial charge on any atom is -0.462 e. The fourth-order valence-corrected chi connectivity index (χ4v) is 1.86. The smallest absolute Gasteiger partial charge is 0.344 e. The van der Waals surface area contributed by atoms with Crippen LogP contribution in [0, 0.1) is 6.92 Å². The molecule has 0 aliphatic carbocycles. The van der Waals surface area contributed by atoms with Crippen LogP contribution in [0.15, 0.2) is 35.1 Å². The van der Waals surface area contributed by atoms with Gasteiger partial charge in [0.15, 0.2) is 0 Å². The normalized spacial score (nSPS) is 10.2. The third-order valence-corrected chi connectivity index (χ3v) is 2.75. The highest BCUT2D eigenvalue weighted by Crippen LogP contribution is 2.20. The van der Waals surface area contributed by atoms with Crippen LogP contribution in [0.3, 0.4) is 0 Å². The summed E-state index contributed by atoms with van der Waals surface area (Å²) in [7, 11) is 0. The van der Waals surface area contributed by atoms with Gasteiger partial charge < -0.3 is 4.74 Å². The van der Waals surface area contributed by atoms with Crippen molar-refractivity contribution < 1.29 is 9.53 Å². The first-order chi connectivity index (χ1) is 9.15. The van der Waals surface area contributed by atoms with E-state index in [1.807, 2.05) is 30.3 Å². The maximum Gasteiger partial charge on any atom is 0.344 e. The van der Waals surface area contributed by atoms with Crippen molar-refractivity contribution in [3.05, 3.63) is 51.8 Å². The number of nitrogens with one attached hydrogen (secondary N) is 1. The maximum absolute atomic E-state index is 11.8. The fourth-order valence-electron chi connectivity index (χ4n) is 1.86. The van der Waals surface area contributed by atoms with Gasteiger partial charge in [-0.25, -0.2) is 9.89 Å². The van der Waals surface area contributed by atoms with E-state index in [0.29, 0.717) is 11.3 Å². The summed E-state index contributed by atoms with van der Waals surface area (Å²) in [5, 5.41) is 6.35. The zero-order valence-electron chi connectivity index (χ0n) is 10.8. The minimum atomic E-state index is -0.624. The second kappa shape index (κ2) is 5.48. The maximum atomic E-state index is 11.8. The second-order valence-corrected chi connectivity index (χ2v) is 3.99. The van der Waals surface area contributed by atoms with Crippen molar-refractivity contribution in [2.24, 2.45) is 0 Å². The van der Waals surface area contributed by atoms with Crippen LogP contribution in [0.5, 0.6) is 0 Å². The van der Waals surface area contributed by atoms with Crippen LogP contribution in [0.4, 0.5) is 0 Å². The molecule has 19 heavy (non-hydrogen) atoms. The summed E-state index contributed by atoms with van der Waals surface area (Å²) in [4.78, 5) is 23.5. The number of hydrogen-bond donors (Lipinski definition) is 1. The number of rotatable bonds is 3. The Balaban J connectivity index is 2.58. The van der Waals surface area contributed by atoms with Gasteiger partial charge >= 0.3 is 5.97 Å². The molecule has 1 aromatic carbocycles. The molecule has 0 bridgehead atoms. The first kappa shape index (κ1) is 13.0. The van der Waals surface area contributed by atoms with Crippen LogP contribution in [0.25, 0.3) is 11.3 Å². The Morgan fingerprint density at radius 2 is 2.00 bits per heavy atom. The highest BCUT2D eigenvalue weighted by atomic mass is 16.5. The number of benzene rings is 1. The number of esters is 1. The van der Waals surface area contributed by atoms with Gasteiger partial charge in [0.1, 0.15) is 5.56 Å². The predicted octanol–water partition coefficient (Wildman–Crippen LogP) is 1.92. The Hall–Kier alpha value is -2.43. The molecule has 0 fully saturated rings. The number of hydrogen-bond acceptors (Lipinski definition) is 4. The van der Waals surface area contributed by atoms with E-state index in [0.717, 1.165) is 5.56 Å². The number of H-pyrrole nitrogens is 1. The van der Waals surface area contributed by atoms with E-state index < -0.39 is 11.5 Å². The van der Waals surface area contributed by atoms with E-state index in [1.54, 1.807) is 13.8 Å². The number of ether oxygens (including phenoxy) is 1. The second-order valence-electron chi connectivity index (χ2n) is 3.99. The number of aromatic nitrogens is 2. The van der Waals surface area contributed by atoms with Crippen LogP contribution in [-0.4, -0.2) is 22.8 Å². The van der Waals surface area contributed by atoms with Crippen LogP contribution in [0.1, 0.15) is 22.8 Å². The zero-order chi connectivity index (χ0) is 13.8. The molecule has 2 aromatic rings. The average molecular weight is 258 g/mol. The van der Waals surface area contributed by atoms with Crippen molar-refractivity contribution in [1.82, 2.24) is 10.2 Å². The predicted molar refractivity (Wildman–Crippen MR) is 71.0 cm³/mol. The van der Waals surface area contributed by atoms with Gasteiger partial charge in [-0.1, -0.05) is 30.3 Å². The highest BCUT2D eigenvalue weighted by molar-refractivity contribution is 5.92. The number of aromatic amines is 1. The Labute approximate surface area is 110 Å². The molecule has 2 rings (SSSR count). The zero-order valence-corrected chi connectivity index (χ0v) is 10.8. The largest absolute Gasteiger partial charge is 0.462 e. The molecular weight excluding hydrogens is 244 g/mol. The molecule has 0 radical (unpaired) electrons. The summed E-state index contributed by atoms with van der Waals surface area (Å²) >= 11 is 0. The lowest BCUT2D eigenvalue weighted by atomic mass is 10.0. The fraction of sp³-hybridized carbons (Fsp3) is 0.214. The van der Waals surface area contributed by atoms with Crippen molar-refractivity contribution in [3.8, 4) is 11.3 Å². The number of nitrogens with zero attached hydrogens (tertiary/aromatic N) is 1. The van der Waals surface area contributed by atoms with E-state index in [4.69, 9.17) is 4.74 Å². The molecule has 0 unspecified atom stereocenters. The van der Waals surface area contributed by atoms with Gasteiger partial charge in [-0.05, 0) is 19.4 Å². The summed E-state index contributed by atoms with van der Waals surface area (Å²) in [6, 6.07) is 9.35. The first-order valence-electron chi connectivity index (χ1n) is 5.97. The monoisotopic (exact) mass is 258 g/mol. The van der Waals surface area contributed by atoms with Crippen LogP contribution in [0.2, 0.25) is 0 Å². The van der Waals surface area contributed by atoms with Crippen LogP contribution >= 0.6 is 0 Å². The molecule has 1 N–H and O–H groups in total. The minimum absolute atomic E-state index is 0.00991. The number of carbonyl (C=O) groups is 1. The first-order valence-corrected chi connectivity index (χ1v) is 5.97. The van der Waals surface area contributed by atoms with Gasteiger partial charge in [0.2, 0.25) is 0 Å². The van der Waals surface area contributed by atoms with Crippen molar-refractivity contribution >= 4 is 5.97 Å². The third-order valence-electron chi connectivity index (χ3n) is 2.75. The van der Waals surface area contributed by atoms with Gasteiger partial charge in [-0.3, -0.25) is 4.79 Å². The lowest BCUT2D eigenvalue weighted by molar-refractivity contribution is 0.0523. The van der Waals surface area contributed by atoms with Crippen molar-refractivity contribution in [2.75, 3.05) is 6.61 Å². The molecular formula is C14H14N2O3.